The summed E-state index contributed by atoms with van der Waals surface area (Å²) in [5.41, 5.74) is -1.50. The minimum absolute atomic E-state index is 0.0225. The number of nitrogens with zero attached hydrogens (tertiary/aromatic N) is 4. The molecule has 2 aromatic heterocycles. The fourth-order valence-corrected chi connectivity index (χ4v) is 2.79. The van der Waals surface area contributed by atoms with Crippen LogP contribution in [0, 0.1) is 0 Å². The predicted molar refractivity (Wildman–Crippen MR) is 89.9 cm³/mol. The average Bonchev–Trinajstić information content (AvgIpc) is 2.94. The number of rotatable bonds is 6. The zero-order chi connectivity index (χ0) is 19.8. The maximum atomic E-state index is 13.3. The second-order valence-electron chi connectivity index (χ2n) is 5.93. The number of alkyl halides is 2. The highest BCUT2D eigenvalue weighted by molar-refractivity contribution is 7.90. The molecular weight excluding hydrogens is 370 g/mol. The lowest BCUT2D eigenvalue weighted by Gasteiger charge is -2.24. The number of carboxylic acid groups (broad SMARTS) is 1. The number of hydrogen-bond acceptors (Lipinski definition) is 6. The zero-order valence-electron chi connectivity index (χ0n) is 14.5. The van der Waals surface area contributed by atoms with Gasteiger partial charge in [0.2, 0.25) is 0 Å². The number of aromatic nitrogens is 3. The molecule has 0 spiro atoms. The molecule has 0 aliphatic rings. The molecule has 0 saturated heterocycles. The SMILES string of the molecule is CC(C)N(C)c1c(C(=O)O)c(C(F)F)nn1-c1ccc(S(C)(=O)=O)cn1. The summed E-state index contributed by atoms with van der Waals surface area (Å²) in [5.74, 6) is -1.58. The molecule has 0 bridgehead atoms. The fraction of sp³-hybridized carbons (Fsp3) is 0.400. The molecule has 26 heavy (non-hydrogen) atoms. The molecule has 0 fully saturated rings. The van der Waals surface area contributed by atoms with Crippen LogP contribution in [0.5, 0.6) is 0 Å². The molecule has 0 aromatic carbocycles. The third-order valence-corrected chi connectivity index (χ3v) is 4.88. The summed E-state index contributed by atoms with van der Waals surface area (Å²) < 4.78 is 50.7. The summed E-state index contributed by atoms with van der Waals surface area (Å²) in [6.45, 7) is 3.51. The van der Waals surface area contributed by atoms with Gasteiger partial charge in [0, 0.05) is 25.5 Å². The van der Waals surface area contributed by atoms with Gasteiger partial charge in [0.25, 0.3) is 6.43 Å². The van der Waals surface area contributed by atoms with Gasteiger partial charge in [0.05, 0.1) is 4.90 Å². The Morgan fingerprint density at radius 1 is 1.31 bits per heavy atom. The quantitative estimate of drug-likeness (QED) is 0.808. The number of aromatic carboxylic acids is 1. The number of halogens is 2. The monoisotopic (exact) mass is 388 g/mol. The number of pyridine rings is 1. The van der Waals surface area contributed by atoms with Gasteiger partial charge >= 0.3 is 5.97 Å². The molecule has 2 rings (SSSR count). The number of anilines is 1. The highest BCUT2D eigenvalue weighted by Gasteiger charge is 2.32. The van der Waals surface area contributed by atoms with Crippen LogP contribution < -0.4 is 4.90 Å². The Morgan fingerprint density at radius 2 is 1.92 bits per heavy atom. The van der Waals surface area contributed by atoms with Gasteiger partial charge in [-0.15, -0.1) is 0 Å². The van der Waals surface area contributed by atoms with E-state index >= 15 is 0 Å². The molecule has 1 N–H and O–H groups in total. The molecule has 0 atom stereocenters. The lowest BCUT2D eigenvalue weighted by molar-refractivity contribution is 0.0684. The van der Waals surface area contributed by atoms with Gasteiger partial charge in [-0.3, -0.25) is 0 Å². The Morgan fingerprint density at radius 3 is 2.31 bits per heavy atom. The van der Waals surface area contributed by atoms with Gasteiger partial charge in [-0.05, 0) is 26.0 Å². The Kier molecular flexibility index (Phi) is 5.31. The molecule has 0 saturated carbocycles. The Labute approximate surface area is 149 Å². The summed E-state index contributed by atoms with van der Waals surface area (Å²) in [5, 5.41) is 13.2. The summed E-state index contributed by atoms with van der Waals surface area (Å²) >= 11 is 0. The van der Waals surface area contributed by atoms with Gasteiger partial charge < -0.3 is 10.0 Å². The van der Waals surface area contributed by atoms with Gasteiger partial charge in [-0.2, -0.15) is 9.78 Å². The maximum Gasteiger partial charge on any atom is 0.341 e. The van der Waals surface area contributed by atoms with E-state index in [4.69, 9.17) is 0 Å². The number of carbonyl (C=O) groups is 1. The van der Waals surface area contributed by atoms with E-state index in [0.29, 0.717) is 0 Å². The first-order valence-corrected chi connectivity index (χ1v) is 9.38. The normalized spacial score (nSPS) is 12.0. The standard InChI is InChI=1S/C15H18F2N4O4S/c1-8(2)20(3)14-11(15(22)23)12(13(16)17)19-21(14)10-6-5-9(7-18-10)26(4,24)25/h5-8,13H,1-4H3,(H,22,23). The van der Waals surface area contributed by atoms with Crippen molar-refractivity contribution in [1.29, 1.82) is 0 Å². The minimum atomic E-state index is -3.49. The molecule has 0 aliphatic heterocycles. The molecule has 2 heterocycles. The van der Waals surface area contributed by atoms with Crippen LogP contribution in [0.1, 0.15) is 36.3 Å². The maximum absolute atomic E-state index is 13.3. The number of carboxylic acids is 1. The van der Waals surface area contributed by atoms with Crippen LogP contribution in [-0.4, -0.2) is 53.6 Å². The molecule has 0 aliphatic carbocycles. The average molecular weight is 388 g/mol. The van der Waals surface area contributed by atoms with E-state index in [1.54, 1.807) is 20.9 Å². The van der Waals surface area contributed by atoms with E-state index in [1.807, 2.05) is 0 Å². The fourth-order valence-electron chi connectivity index (χ4n) is 2.23. The Balaban J connectivity index is 2.75. The summed E-state index contributed by atoms with van der Waals surface area (Å²) in [6.07, 6.45) is -1.03. The molecule has 8 nitrogen and oxygen atoms in total. The first kappa shape index (κ1) is 19.8. The van der Waals surface area contributed by atoms with Crippen LogP contribution in [-0.2, 0) is 9.84 Å². The molecule has 142 valence electrons. The Hall–Kier alpha value is -2.56. The van der Waals surface area contributed by atoms with Crippen molar-refractivity contribution in [2.24, 2.45) is 0 Å². The van der Waals surface area contributed by atoms with Gasteiger partial charge in [0.1, 0.15) is 17.1 Å². The highest BCUT2D eigenvalue weighted by Crippen LogP contribution is 2.32. The van der Waals surface area contributed by atoms with E-state index in [-0.39, 0.29) is 22.6 Å². The molecular formula is C15H18F2N4O4S. The van der Waals surface area contributed by atoms with Crippen LogP contribution in [0.25, 0.3) is 5.82 Å². The van der Waals surface area contributed by atoms with E-state index in [1.165, 1.54) is 17.0 Å². The van der Waals surface area contributed by atoms with Crippen molar-refractivity contribution >= 4 is 21.6 Å². The molecule has 11 heteroatoms. The van der Waals surface area contributed by atoms with E-state index in [9.17, 15) is 27.1 Å². The third-order valence-electron chi connectivity index (χ3n) is 3.78. The third kappa shape index (κ3) is 3.66. The molecule has 0 amide bonds. The van der Waals surface area contributed by atoms with E-state index in [0.717, 1.165) is 17.1 Å². The van der Waals surface area contributed by atoms with Crippen LogP contribution in [0.4, 0.5) is 14.6 Å². The van der Waals surface area contributed by atoms with Crippen molar-refractivity contribution in [1.82, 2.24) is 14.8 Å². The van der Waals surface area contributed by atoms with Crippen molar-refractivity contribution in [3.8, 4) is 5.82 Å². The Bertz CT molecular complexity index is 924. The van der Waals surface area contributed by atoms with Crippen LogP contribution in [0.2, 0.25) is 0 Å². The first-order valence-electron chi connectivity index (χ1n) is 7.48. The smallest absolute Gasteiger partial charge is 0.341 e. The number of sulfone groups is 1. The molecule has 0 radical (unpaired) electrons. The second-order valence-corrected chi connectivity index (χ2v) is 7.95. The number of hydrogen-bond donors (Lipinski definition) is 1. The van der Waals surface area contributed by atoms with Gasteiger partial charge in [0.15, 0.2) is 15.7 Å². The lowest BCUT2D eigenvalue weighted by Crippen LogP contribution is -2.29. The zero-order valence-corrected chi connectivity index (χ0v) is 15.3. The van der Waals surface area contributed by atoms with E-state index in [2.05, 4.69) is 10.1 Å². The van der Waals surface area contributed by atoms with E-state index < -0.39 is 33.5 Å². The summed E-state index contributed by atoms with van der Waals surface area (Å²) in [6, 6.07) is 2.31. The molecule has 0 unspecified atom stereocenters. The van der Waals surface area contributed by atoms with Crippen molar-refractivity contribution in [2.45, 2.75) is 31.2 Å². The van der Waals surface area contributed by atoms with Crippen molar-refractivity contribution < 1.29 is 27.1 Å². The first-order chi connectivity index (χ1) is 11.9. The minimum Gasteiger partial charge on any atom is -0.477 e. The van der Waals surface area contributed by atoms with Crippen molar-refractivity contribution in [3.05, 3.63) is 29.6 Å². The topological polar surface area (TPSA) is 105 Å². The van der Waals surface area contributed by atoms with Crippen molar-refractivity contribution in [2.75, 3.05) is 18.2 Å². The lowest BCUT2D eigenvalue weighted by atomic mass is 10.2. The van der Waals surface area contributed by atoms with Gasteiger partial charge in [-0.25, -0.2) is 27.0 Å². The molecule has 2 aromatic rings. The second kappa shape index (κ2) is 6.98. The largest absolute Gasteiger partial charge is 0.477 e. The highest BCUT2D eigenvalue weighted by atomic mass is 32.2. The van der Waals surface area contributed by atoms with Crippen LogP contribution in [0.15, 0.2) is 23.2 Å². The van der Waals surface area contributed by atoms with Gasteiger partial charge in [-0.1, -0.05) is 0 Å². The summed E-state index contributed by atoms with van der Waals surface area (Å²) in [7, 11) is -1.94. The summed E-state index contributed by atoms with van der Waals surface area (Å²) in [4.78, 5) is 17.0. The van der Waals surface area contributed by atoms with Crippen LogP contribution in [0.3, 0.4) is 0 Å². The van der Waals surface area contributed by atoms with Crippen molar-refractivity contribution in [3.63, 3.8) is 0 Å². The predicted octanol–water partition coefficient (Wildman–Crippen LogP) is 2.15. The van der Waals surface area contributed by atoms with Crippen LogP contribution >= 0.6 is 0 Å².